The second kappa shape index (κ2) is 10.2. The minimum Gasteiger partial charge on any atom is -0.394 e. The van der Waals surface area contributed by atoms with Crippen LogP contribution in [0.15, 0.2) is 24.3 Å². The maximum absolute atomic E-state index is 12.7. The van der Waals surface area contributed by atoms with Gasteiger partial charge in [-0.1, -0.05) is 39.8 Å². The standard InChI is InChI=1S/C23H34N2O5/c1-14(2)9-16-7-6-8-17(11-16)21(28)25-19(12-26)22(29)24-18(10-15(3)4)20(27)23(5)13-30-23/h6-8,11,14-15,18-19,26H,9-10,12-13H2,1-5H3,(H,24,29)(H,25,28)/t18-,19-,23+/m0/s1. The number of benzene rings is 1. The van der Waals surface area contributed by atoms with Crippen LogP contribution in [0.5, 0.6) is 0 Å². The van der Waals surface area contributed by atoms with Crippen LogP contribution in [0, 0.1) is 11.8 Å². The number of nitrogens with one attached hydrogen (secondary N) is 2. The normalized spacial score (nSPS) is 20.0. The van der Waals surface area contributed by atoms with Gasteiger partial charge in [0.2, 0.25) is 5.91 Å². The molecule has 1 aromatic rings. The Morgan fingerprint density at radius 3 is 2.30 bits per heavy atom. The summed E-state index contributed by atoms with van der Waals surface area (Å²) in [4.78, 5) is 38.0. The van der Waals surface area contributed by atoms with Gasteiger partial charge in [-0.15, -0.1) is 0 Å². The summed E-state index contributed by atoms with van der Waals surface area (Å²) in [7, 11) is 0. The minimum absolute atomic E-state index is 0.174. The number of Topliss-reactive ketones (excluding diaryl/α,β-unsaturated/α-hetero) is 1. The van der Waals surface area contributed by atoms with Crippen LogP contribution in [-0.2, 0) is 20.7 Å². The van der Waals surface area contributed by atoms with Gasteiger partial charge in [-0.2, -0.15) is 0 Å². The smallest absolute Gasteiger partial charge is 0.252 e. The Hall–Kier alpha value is -2.25. The van der Waals surface area contributed by atoms with Crippen LogP contribution in [0.3, 0.4) is 0 Å². The van der Waals surface area contributed by atoms with E-state index in [0.29, 0.717) is 24.5 Å². The first-order valence-electron chi connectivity index (χ1n) is 10.5. The third-order valence-electron chi connectivity index (χ3n) is 5.08. The number of rotatable bonds is 11. The molecule has 3 N–H and O–H groups in total. The molecule has 1 fully saturated rings. The predicted molar refractivity (Wildman–Crippen MR) is 114 cm³/mol. The first kappa shape index (κ1) is 24.0. The number of hydrogen-bond donors (Lipinski definition) is 3. The van der Waals surface area contributed by atoms with E-state index in [0.717, 1.165) is 12.0 Å². The van der Waals surface area contributed by atoms with E-state index in [1.54, 1.807) is 25.1 Å². The van der Waals surface area contributed by atoms with E-state index < -0.39 is 36.1 Å². The molecular weight excluding hydrogens is 384 g/mol. The largest absolute Gasteiger partial charge is 0.394 e. The summed E-state index contributed by atoms with van der Waals surface area (Å²) in [5.74, 6) is -0.597. The Kier molecular flexibility index (Phi) is 8.15. The van der Waals surface area contributed by atoms with Crippen LogP contribution < -0.4 is 10.6 Å². The van der Waals surface area contributed by atoms with Crippen LogP contribution in [0.1, 0.15) is 57.0 Å². The molecule has 7 nitrogen and oxygen atoms in total. The molecule has 0 saturated carbocycles. The van der Waals surface area contributed by atoms with Gasteiger partial charge in [0.05, 0.1) is 19.3 Å². The van der Waals surface area contributed by atoms with Crippen molar-refractivity contribution in [2.75, 3.05) is 13.2 Å². The molecule has 0 unspecified atom stereocenters. The molecule has 1 aliphatic rings. The van der Waals surface area contributed by atoms with Gasteiger partial charge in [-0.05, 0) is 49.3 Å². The molecule has 7 heteroatoms. The molecule has 0 aliphatic carbocycles. The van der Waals surface area contributed by atoms with E-state index in [1.165, 1.54) is 0 Å². The fourth-order valence-electron chi connectivity index (χ4n) is 3.34. The highest BCUT2D eigenvalue weighted by Gasteiger charge is 2.50. The molecule has 3 atom stereocenters. The zero-order chi connectivity index (χ0) is 22.5. The molecule has 0 aromatic heterocycles. The molecule has 1 aliphatic heterocycles. The summed E-state index contributed by atoms with van der Waals surface area (Å²) in [6, 6.07) is 5.33. The third kappa shape index (κ3) is 6.64. The fraction of sp³-hybridized carbons (Fsp3) is 0.609. The van der Waals surface area contributed by atoms with Crippen molar-refractivity contribution in [1.82, 2.24) is 10.6 Å². The lowest BCUT2D eigenvalue weighted by Gasteiger charge is -2.24. The number of ether oxygens (including phenoxy) is 1. The van der Waals surface area contributed by atoms with Gasteiger partial charge in [-0.25, -0.2) is 0 Å². The van der Waals surface area contributed by atoms with Crippen LogP contribution >= 0.6 is 0 Å². The Balaban J connectivity index is 2.05. The van der Waals surface area contributed by atoms with Crippen molar-refractivity contribution < 1.29 is 24.2 Å². The molecule has 1 saturated heterocycles. The highest BCUT2D eigenvalue weighted by atomic mass is 16.6. The molecule has 0 spiro atoms. The molecular formula is C23H34N2O5. The van der Waals surface area contributed by atoms with Gasteiger partial charge in [-0.3, -0.25) is 14.4 Å². The van der Waals surface area contributed by atoms with Crippen molar-refractivity contribution in [3.8, 4) is 0 Å². The van der Waals surface area contributed by atoms with Crippen LogP contribution in [-0.4, -0.2) is 53.6 Å². The number of hydrogen-bond acceptors (Lipinski definition) is 5. The summed E-state index contributed by atoms with van der Waals surface area (Å²) in [5, 5.41) is 15.0. The number of epoxide rings is 1. The van der Waals surface area contributed by atoms with E-state index in [9.17, 15) is 19.5 Å². The summed E-state index contributed by atoms with van der Waals surface area (Å²) < 4.78 is 5.23. The van der Waals surface area contributed by atoms with Crippen LogP contribution in [0.25, 0.3) is 0 Å². The van der Waals surface area contributed by atoms with Crippen molar-refractivity contribution in [3.05, 3.63) is 35.4 Å². The molecule has 1 aromatic carbocycles. The lowest BCUT2D eigenvalue weighted by molar-refractivity contribution is -0.132. The summed E-state index contributed by atoms with van der Waals surface area (Å²) >= 11 is 0. The minimum atomic E-state index is -1.15. The van der Waals surface area contributed by atoms with Gasteiger partial charge < -0.3 is 20.5 Å². The quantitative estimate of drug-likeness (QED) is 0.476. The van der Waals surface area contributed by atoms with Gasteiger partial charge in [0.15, 0.2) is 5.78 Å². The van der Waals surface area contributed by atoms with E-state index in [1.807, 2.05) is 19.9 Å². The van der Waals surface area contributed by atoms with Crippen LogP contribution in [0.4, 0.5) is 0 Å². The van der Waals surface area contributed by atoms with Crippen molar-refractivity contribution in [2.45, 2.75) is 65.1 Å². The first-order chi connectivity index (χ1) is 14.1. The second-order valence-electron chi connectivity index (χ2n) is 9.08. The van der Waals surface area contributed by atoms with Crippen molar-refractivity contribution >= 4 is 17.6 Å². The molecule has 0 radical (unpaired) electrons. The highest BCUT2D eigenvalue weighted by molar-refractivity contribution is 6.00. The number of amides is 2. The molecule has 30 heavy (non-hydrogen) atoms. The van der Waals surface area contributed by atoms with Crippen molar-refractivity contribution in [2.24, 2.45) is 11.8 Å². The maximum Gasteiger partial charge on any atom is 0.252 e. The molecule has 166 valence electrons. The Bertz CT molecular complexity index is 771. The molecule has 2 rings (SSSR count). The predicted octanol–water partition coefficient (Wildman–Crippen LogP) is 1.86. The maximum atomic E-state index is 12.7. The van der Waals surface area contributed by atoms with Gasteiger partial charge in [0, 0.05) is 5.56 Å². The first-order valence-corrected chi connectivity index (χ1v) is 10.5. The highest BCUT2D eigenvalue weighted by Crippen LogP contribution is 2.29. The average Bonchev–Trinajstić information content (AvgIpc) is 3.42. The average molecular weight is 419 g/mol. The zero-order valence-electron chi connectivity index (χ0n) is 18.5. The van der Waals surface area contributed by atoms with E-state index >= 15 is 0 Å². The Morgan fingerprint density at radius 1 is 1.10 bits per heavy atom. The lowest BCUT2D eigenvalue weighted by Crippen LogP contribution is -2.55. The van der Waals surface area contributed by atoms with Gasteiger partial charge >= 0.3 is 0 Å². The van der Waals surface area contributed by atoms with Gasteiger partial charge in [0.25, 0.3) is 5.91 Å². The molecule has 0 bridgehead atoms. The second-order valence-corrected chi connectivity index (χ2v) is 9.08. The van der Waals surface area contributed by atoms with E-state index in [-0.39, 0.29) is 11.7 Å². The number of aliphatic hydroxyl groups is 1. The Morgan fingerprint density at radius 2 is 1.77 bits per heavy atom. The van der Waals surface area contributed by atoms with Crippen molar-refractivity contribution in [1.29, 1.82) is 0 Å². The molecule has 1 heterocycles. The SMILES string of the molecule is CC(C)Cc1cccc(C(=O)N[C@@H](CO)C(=O)N[C@@H](CC(C)C)C(=O)[C@@]2(C)CO2)c1. The number of aliphatic hydroxyl groups excluding tert-OH is 1. The van der Waals surface area contributed by atoms with Crippen LogP contribution in [0.2, 0.25) is 0 Å². The molecule has 2 amide bonds. The van der Waals surface area contributed by atoms with E-state index in [4.69, 9.17) is 4.74 Å². The Labute approximate surface area is 178 Å². The monoisotopic (exact) mass is 418 g/mol. The summed E-state index contributed by atoms with van der Waals surface area (Å²) in [6.07, 6.45) is 1.29. The summed E-state index contributed by atoms with van der Waals surface area (Å²) in [5.41, 5.74) is 0.595. The number of carbonyl (C=O) groups is 3. The van der Waals surface area contributed by atoms with Crippen molar-refractivity contribution in [3.63, 3.8) is 0 Å². The van der Waals surface area contributed by atoms with E-state index in [2.05, 4.69) is 24.5 Å². The van der Waals surface area contributed by atoms with Gasteiger partial charge in [0.1, 0.15) is 11.6 Å². The zero-order valence-corrected chi connectivity index (χ0v) is 18.5. The number of carbonyl (C=O) groups excluding carboxylic acids is 3. The lowest BCUT2D eigenvalue weighted by atomic mass is 9.93. The summed E-state index contributed by atoms with van der Waals surface area (Å²) in [6.45, 7) is 9.57. The fourth-order valence-corrected chi connectivity index (χ4v) is 3.34. The number of ketones is 1. The third-order valence-corrected chi connectivity index (χ3v) is 5.08. The topological polar surface area (TPSA) is 108 Å².